The molecule has 150 valence electrons. The maximum atomic E-state index is 13.3. The van der Waals surface area contributed by atoms with Gasteiger partial charge in [0.05, 0.1) is 25.5 Å². The molecule has 1 amide bonds. The molecule has 4 rings (SSSR count). The Balaban J connectivity index is 1.68. The second-order valence-corrected chi connectivity index (χ2v) is 9.06. The Labute approximate surface area is 178 Å². The summed E-state index contributed by atoms with van der Waals surface area (Å²) >= 11 is 3.25. The van der Waals surface area contributed by atoms with Crippen LogP contribution >= 0.6 is 23.1 Å². The van der Waals surface area contributed by atoms with Crippen LogP contribution in [0.4, 0.5) is 5.69 Å². The van der Waals surface area contributed by atoms with Gasteiger partial charge >= 0.3 is 0 Å². The molecule has 0 N–H and O–H groups in total. The van der Waals surface area contributed by atoms with Crippen LogP contribution in [0.15, 0.2) is 52.7 Å². The van der Waals surface area contributed by atoms with Gasteiger partial charge in [-0.2, -0.15) is 0 Å². The first-order valence-electron chi connectivity index (χ1n) is 9.36. The van der Waals surface area contributed by atoms with Gasteiger partial charge in [0.15, 0.2) is 11.5 Å². The highest BCUT2D eigenvalue weighted by Gasteiger charge is 2.27. The second kappa shape index (κ2) is 8.47. The molecule has 0 saturated heterocycles. The first-order valence-corrected chi connectivity index (χ1v) is 11.1. The maximum absolute atomic E-state index is 13.3. The fourth-order valence-electron chi connectivity index (χ4n) is 3.39. The Morgan fingerprint density at radius 1 is 1.14 bits per heavy atom. The Hall–Kier alpha value is -2.51. The molecule has 3 aromatic rings. The summed E-state index contributed by atoms with van der Waals surface area (Å²) in [6, 6.07) is 13.7. The number of carbonyl (C=O) groups excluding carboxylic acids is 1. The first-order chi connectivity index (χ1) is 14.1. The topological polar surface area (TPSA) is 51.7 Å². The average Bonchev–Trinajstić information content (AvgIpc) is 3.17. The van der Waals surface area contributed by atoms with Crippen LogP contribution in [0.5, 0.6) is 11.5 Å². The van der Waals surface area contributed by atoms with Gasteiger partial charge in [-0.3, -0.25) is 4.79 Å². The van der Waals surface area contributed by atoms with Crippen LogP contribution in [0.2, 0.25) is 0 Å². The van der Waals surface area contributed by atoms with Crippen LogP contribution in [0.1, 0.15) is 23.8 Å². The number of nitrogens with zero attached hydrogens (tertiary/aromatic N) is 2. The van der Waals surface area contributed by atoms with Crippen molar-refractivity contribution in [1.82, 2.24) is 4.98 Å². The van der Waals surface area contributed by atoms with E-state index in [0.717, 1.165) is 27.6 Å². The third-order valence-electron chi connectivity index (χ3n) is 4.85. The largest absolute Gasteiger partial charge is 0.493 e. The number of ether oxygens (including phenoxy) is 2. The van der Waals surface area contributed by atoms with Crippen molar-refractivity contribution in [1.29, 1.82) is 0 Å². The zero-order valence-electron chi connectivity index (χ0n) is 16.5. The van der Waals surface area contributed by atoms with E-state index >= 15 is 0 Å². The van der Waals surface area contributed by atoms with Crippen LogP contribution < -0.4 is 14.4 Å². The van der Waals surface area contributed by atoms with E-state index in [2.05, 4.69) is 18.0 Å². The van der Waals surface area contributed by atoms with Crippen molar-refractivity contribution in [3.63, 3.8) is 0 Å². The van der Waals surface area contributed by atoms with E-state index in [1.807, 2.05) is 58.4 Å². The predicted molar refractivity (Wildman–Crippen MR) is 119 cm³/mol. The number of carbonyl (C=O) groups is 1. The minimum Gasteiger partial charge on any atom is -0.493 e. The zero-order valence-corrected chi connectivity index (χ0v) is 18.2. The summed E-state index contributed by atoms with van der Waals surface area (Å²) in [5.74, 6) is 1.19. The lowest BCUT2D eigenvalue weighted by Gasteiger charge is -2.21. The van der Waals surface area contributed by atoms with Crippen LogP contribution in [-0.2, 0) is 0 Å². The normalized spacial score (nSPS) is 16.1. The molecule has 0 bridgehead atoms. The van der Waals surface area contributed by atoms with Crippen molar-refractivity contribution in [2.24, 2.45) is 0 Å². The van der Waals surface area contributed by atoms with E-state index < -0.39 is 0 Å². The van der Waals surface area contributed by atoms with Crippen molar-refractivity contribution >= 4 is 34.7 Å². The Bertz CT molecular complexity index is 1030. The molecular weight excluding hydrogens is 404 g/mol. The van der Waals surface area contributed by atoms with Gasteiger partial charge in [0, 0.05) is 22.1 Å². The molecule has 0 aliphatic carbocycles. The van der Waals surface area contributed by atoms with Crippen molar-refractivity contribution in [3.8, 4) is 22.1 Å². The van der Waals surface area contributed by atoms with Gasteiger partial charge in [0.25, 0.3) is 5.91 Å². The van der Waals surface area contributed by atoms with Crippen LogP contribution in [0.25, 0.3) is 10.6 Å². The number of methoxy groups -OCH3 is 2. The lowest BCUT2D eigenvalue weighted by molar-refractivity contribution is 0.0982. The van der Waals surface area contributed by atoms with E-state index in [1.54, 1.807) is 14.2 Å². The summed E-state index contributed by atoms with van der Waals surface area (Å²) < 4.78 is 10.9. The van der Waals surface area contributed by atoms with Gasteiger partial charge in [0.1, 0.15) is 10.7 Å². The van der Waals surface area contributed by atoms with E-state index in [4.69, 9.17) is 9.47 Å². The highest BCUT2D eigenvalue weighted by atomic mass is 32.2. The Morgan fingerprint density at radius 3 is 2.76 bits per heavy atom. The maximum Gasteiger partial charge on any atom is 0.277 e. The van der Waals surface area contributed by atoms with Gasteiger partial charge in [-0.15, -0.1) is 23.1 Å². The van der Waals surface area contributed by atoms with E-state index in [9.17, 15) is 4.79 Å². The number of aromatic nitrogens is 1. The fourth-order valence-corrected chi connectivity index (χ4v) is 5.32. The number of anilines is 1. The summed E-state index contributed by atoms with van der Waals surface area (Å²) in [7, 11) is 3.21. The van der Waals surface area contributed by atoms with Gasteiger partial charge in [-0.25, -0.2) is 4.98 Å². The third-order valence-corrected chi connectivity index (χ3v) is 6.96. The number of para-hydroxylation sites is 2. The molecular formula is C22H22N2O3S2. The average molecular weight is 427 g/mol. The second-order valence-electron chi connectivity index (χ2n) is 6.72. The van der Waals surface area contributed by atoms with Crippen LogP contribution in [-0.4, -0.2) is 36.9 Å². The smallest absolute Gasteiger partial charge is 0.277 e. The van der Waals surface area contributed by atoms with Gasteiger partial charge in [-0.05, 0) is 30.7 Å². The van der Waals surface area contributed by atoms with Crippen LogP contribution in [0.3, 0.4) is 0 Å². The third kappa shape index (κ3) is 3.84. The molecule has 29 heavy (non-hydrogen) atoms. The highest BCUT2D eigenvalue weighted by molar-refractivity contribution is 8.00. The molecule has 1 atom stereocenters. The van der Waals surface area contributed by atoms with E-state index in [1.165, 1.54) is 11.3 Å². The lowest BCUT2D eigenvalue weighted by atomic mass is 10.2. The van der Waals surface area contributed by atoms with Crippen molar-refractivity contribution in [2.45, 2.75) is 23.5 Å². The number of hydrogen-bond acceptors (Lipinski definition) is 6. The summed E-state index contributed by atoms with van der Waals surface area (Å²) in [4.78, 5) is 21.0. The van der Waals surface area contributed by atoms with Gasteiger partial charge < -0.3 is 14.4 Å². The standard InChI is InChI=1S/C22H22N2O3S2/c1-14-11-12-24(17-8-4-5-10-19(17)29-14)22(25)16-13-28-21(23-16)15-7-6-9-18(26-2)20(15)27-3/h4-10,13-14H,11-12H2,1-3H3. The van der Waals surface area contributed by atoms with Crippen molar-refractivity contribution < 1.29 is 14.3 Å². The summed E-state index contributed by atoms with van der Waals surface area (Å²) in [5.41, 5.74) is 2.22. The predicted octanol–water partition coefficient (Wildman–Crippen LogP) is 5.36. The number of rotatable bonds is 4. The number of hydrogen-bond donors (Lipinski definition) is 0. The molecule has 5 nitrogen and oxygen atoms in total. The van der Waals surface area contributed by atoms with Crippen molar-refractivity contribution in [3.05, 3.63) is 53.5 Å². The quantitative estimate of drug-likeness (QED) is 0.562. The molecule has 0 spiro atoms. The van der Waals surface area contributed by atoms with Gasteiger partial charge in [0.2, 0.25) is 0 Å². The molecule has 1 aliphatic rings. The minimum absolute atomic E-state index is 0.0727. The molecule has 0 radical (unpaired) electrons. The molecule has 1 unspecified atom stereocenters. The molecule has 2 aromatic carbocycles. The number of thiazole rings is 1. The fraction of sp³-hybridized carbons (Fsp3) is 0.273. The molecule has 1 aliphatic heterocycles. The summed E-state index contributed by atoms with van der Waals surface area (Å²) in [6.45, 7) is 2.88. The highest BCUT2D eigenvalue weighted by Crippen LogP contribution is 2.40. The molecule has 7 heteroatoms. The van der Waals surface area contributed by atoms with Crippen molar-refractivity contribution in [2.75, 3.05) is 25.7 Å². The molecule has 2 heterocycles. The number of fused-ring (bicyclic) bond motifs is 1. The Morgan fingerprint density at radius 2 is 1.97 bits per heavy atom. The van der Waals surface area contributed by atoms with E-state index in [0.29, 0.717) is 29.0 Å². The molecule has 0 fully saturated rings. The SMILES string of the molecule is COc1cccc(-c2nc(C(=O)N3CCC(C)Sc4ccccc43)cs2)c1OC. The number of amides is 1. The monoisotopic (exact) mass is 426 g/mol. The summed E-state index contributed by atoms with van der Waals surface area (Å²) in [5, 5.41) is 3.01. The lowest BCUT2D eigenvalue weighted by Crippen LogP contribution is -2.32. The zero-order chi connectivity index (χ0) is 20.4. The summed E-state index contributed by atoms with van der Waals surface area (Å²) in [6.07, 6.45) is 0.936. The molecule has 1 aromatic heterocycles. The number of benzene rings is 2. The number of thioether (sulfide) groups is 1. The first kappa shape index (κ1) is 19.8. The van der Waals surface area contributed by atoms with E-state index in [-0.39, 0.29) is 5.91 Å². The Kier molecular flexibility index (Phi) is 5.78. The van der Waals surface area contributed by atoms with Crippen LogP contribution in [0, 0.1) is 0 Å². The van der Waals surface area contributed by atoms with Gasteiger partial charge in [-0.1, -0.05) is 25.1 Å². The minimum atomic E-state index is -0.0727. The molecule has 0 saturated carbocycles.